The zero-order valence-corrected chi connectivity index (χ0v) is 15.5. The lowest BCUT2D eigenvalue weighted by Crippen LogP contribution is -2.34. The molecule has 26 heavy (non-hydrogen) atoms. The van der Waals surface area contributed by atoms with Crippen molar-refractivity contribution in [2.75, 3.05) is 15.5 Å². The highest BCUT2D eigenvalue weighted by molar-refractivity contribution is 8.16. The predicted octanol–water partition coefficient (Wildman–Crippen LogP) is 3.90. The van der Waals surface area contributed by atoms with E-state index in [4.69, 9.17) is 0 Å². The fraction of sp³-hybridized carbons (Fsp3) is 0.211. The monoisotopic (exact) mass is 369 g/mol. The number of amides is 3. The second kappa shape index (κ2) is 7.21. The Bertz CT molecular complexity index is 880. The van der Waals surface area contributed by atoms with E-state index in [1.165, 1.54) is 11.8 Å². The van der Waals surface area contributed by atoms with Crippen LogP contribution in [0.25, 0.3) is 0 Å². The van der Waals surface area contributed by atoms with E-state index in [2.05, 4.69) is 10.6 Å². The molecule has 0 unspecified atom stereocenters. The van der Waals surface area contributed by atoms with Crippen LogP contribution in [0.2, 0.25) is 0 Å². The number of hydrogen-bond donors (Lipinski definition) is 2. The molecular weight excluding hydrogens is 350 g/mol. The minimum absolute atomic E-state index is 0.151. The van der Waals surface area contributed by atoms with Crippen molar-refractivity contribution in [1.82, 2.24) is 0 Å². The summed E-state index contributed by atoms with van der Waals surface area (Å²) < 4.78 is 0. The molecule has 1 aliphatic heterocycles. The first-order chi connectivity index (χ1) is 12.3. The molecular formula is C19H19N3O3S. The third kappa shape index (κ3) is 3.72. The third-order valence-electron chi connectivity index (χ3n) is 4.10. The van der Waals surface area contributed by atoms with Crippen LogP contribution in [-0.2, 0) is 9.59 Å². The van der Waals surface area contributed by atoms with E-state index in [0.29, 0.717) is 17.1 Å². The lowest BCUT2D eigenvalue weighted by atomic mass is 10.1. The van der Waals surface area contributed by atoms with Crippen LogP contribution in [0.5, 0.6) is 0 Å². The van der Waals surface area contributed by atoms with Gasteiger partial charge in [-0.1, -0.05) is 6.07 Å². The normalized spacial score (nSPS) is 16.7. The Balaban J connectivity index is 1.74. The lowest BCUT2D eigenvalue weighted by molar-refractivity contribution is -0.116. The largest absolute Gasteiger partial charge is 0.365 e. The van der Waals surface area contributed by atoms with E-state index < -0.39 is 5.37 Å². The van der Waals surface area contributed by atoms with E-state index in [9.17, 15) is 14.4 Å². The van der Waals surface area contributed by atoms with Crippen LogP contribution in [0.3, 0.4) is 0 Å². The van der Waals surface area contributed by atoms with Gasteiger partial charge in [0, 0.05) is 18.3 Å². The van der Waals surface area contributed by atoms with E-state index in [1.54, 1.807) is 30.3 Å². The van der Waals surface area contributed by atoms with Gasteiger partial charge in [-0.2, -0.15) is 0 Å². The van der Waals surface area contributed by atoms with Crippen molar-refractivity contribution in [2.24, 2.45) is 0 Å². The van der Waals surface area contributed by atoms with Crippen molar-refractivity contribution in [3.63, 3.8) is 0 Å². The number of carbonyl (C=O) groups is 3. The van der Waals surface area contributed by atoms with E-state index in [0.717, 1.165) is 22.9 Å². The van der Waals surface area contributed by atoms with Crippen LogP contribution in [-0.4, -0.2) is 22.4 Å². The minimum Gasteiger partial charge on any atom is -0.365 e. The maximum atomic E-state index is 12.7. The first-order valence-corrected chi connectivity index (χ1v) is 8.99. The number of nitrogens with zero attached hydrogens (tertiary/aromatic N) is 1. The molecule has 134 valence electrons. The van der Waals surface area contributed by atoms with Gasteiger partial charge in [0.15, 0.2) is 5.37 Å². The first kappa shape index (κ1) is 18.0. The summed E-state index contributed by atoms with van der Waals surface area (Å²) in [7, 11) is 0. The van der Waals surface area contributed by atoms with Crippen molar-refractivity contribution >= 4 is 45.9 Å². The van der Waals surface area contributed by atoms with Gasteiger partial charge in [0.05, 0.1) is 5.69 Å². The van der Waals surface area contributed by atoms with Crippen molar-refractivity contribution in [3.8, 4) is 0 Å². The van der Waals surface area contributed by atoms with Crippen LogP contribution in [0.15, 0.2) is 42.5 Å². The number of anilines is 3. The molecule has 0 aliphatic carbocycles. The SMILES string of the molecule is CC(=O)Nc1ccc(N[C@@H]2SC(=O)N(c3ccc(C)c(C)c3)C2=O)cc1. The number of imide groups is 1. The van der Waals surface area contributed by atoms with Gasteiger partial charge >= 0.3 is 0 Å². The summed E-state index contributed by atoms with van der Waals surface area (Å²) in [5.41, 5.74) is 4.08. The van der Waals surface area contributed by atoms with Crippen molar-refractivity contribution in [1.29, 1.82) is 0 Å². The van der Waals surface area contributed by atoms with E-state index in [1.807, 2.05) is 26.0 Å². The maximum absolute atomic E-state index is 12.7. The molecule has 2 aromatic rings. The summed E-state index contributed by atoms with van der Waals surface area (Å²) in [6, 6.07) is 12.5. The quantitative estimate of drug-likeness (QED) is 0.855. The summed E-state index contributed by atoms with van der Waals surface area (Å²) >= 11 is 0.953. The molecule has 2 N–H and O–H groups in total. The summed E-state index contributed by atoms with van der Waals surface area (Å²) in [4.78, 5) is 37.3. The second-order valence-electron chi connectivity index (χ2n) is 6.11. The smallest absolute Gasteiger partial charge is 0.295 e. The maximum Gasteiger partial charge on any atom is 0.295 e. The average Bonchev–Trinajstić information content (AvgIpc) is 2.85. The molecule has 7 heteroatoms. The van der Waals surface area contributed by atoms with E-state index in [-0.39, 0.29) is 17.1 Å². The average molecular weight is 369 g/mol. The summed E-state index contributed by atoms with van der Waals surface area (Å²) in [6.07, 6.45) is 0. The summed E-state index contributed by atoms with van der Waals surface area (Å²) in [6.45, 7) is 5.37. The Morgan fingerprint density at radius 3 is 2.27 bits per heavy atom. The highest BCUT2D eigenvalue weighted by Crippen LogP contribution is 2.33. The Kier molecular flexibility index (Phi) is 4.99. The molecule has 6 nitrogen and oxygen atoms in total. The van der Waals surface area contributed by atoms with Crippen LogP contribution in [0, 0.1) is 13.8 Å². The van der Waals surface area contributed by atoms with Gasteiger partial charge in [-0.25, -0.2) is 4.90 Å². The number of nitrogens with one attached hydrogen (secondary N) is 2. The first-order valence-electron chi connectivity index (χ1n) is 8.11. The van der Waals surface area contributed by atoms with Crippen LogP contribution >= 0.6 is 11.8 Å². The van der Waals surface area contributed by atoms with Gasteiger partial charge in [-0.15, -0.1) is 0 Å². The van der Waals surface area contributed by atoms with Gasteiger partial charge < -0.3 is 10.6 Å². The summed E-state index contributed by atoms with van der Waals surface area (Å²) in [5.74, 6) is -0.448. The molecule has 1 fully saturated rings. The number of aryl methyl sites for hydroxylation is 2. The molecule has 2 aromatic carbocycles. The summed E-state index contributed by atoms with van der Waals surface area (Å²) in [5, 5.41) is 4.76. The van der Waals surface area contributed by atoms with Gasteiger partial charge in [0.2, 0.25) is 5.91 Å². The molecule has 0 aromatic heterocycles. The fourth-order valence-corrected chi connectivity index (χ4v) is 3.51. The highest BCUT2D eigenvalue weighted by Gasteiger charge is 2.40. The van der Waals surface area contributed by atoms with Crippen molar-refractivity contribution in [3.05, 3.63) is 53.6 Å². The molecule has 1 heterocycles. The molecule has 3 amide bonds. The topological polar surface area (TPSA) is 78.5 Å². The third-order valence-corrected chi connectivity index (χ3v) is 5.04. The Labute approximate surface area is 156 Å². The molecule has 0 spiro atoms. The highest BCUT2D eigenvalue weighted by atomic mass is 32.2. The zero-order chi connectivity index (χ0) is 18.8. The number of benzene rings is 2. The molecule has 1 saturated heterocycles. The second-order valence-corrected chi connectivity index (χ2v) is 7.17. The van der Waals surface area contributed by atoms with Gasteiger partial charge in [-0.05, 0) is 73.1 Å². The van der Waals surface area contributed by atoms with Gasteiger partial charge in [0.25, 0.3) is 11.1 Å². The number of carbonyl (C=O) groups excluding carboxylic acids is 3. The molecule has 1 atom stereocenters. The van der Waals surface area contributed by atoms with Crippen LogP contribution in [0.4, 0.5) is 21.9 Å². The van der Waals surface area contributed by atoms with Gasteiger partial charge in [0.1, 0.15) is 0 Å². The zero-order valence-electron chi connectivity index (χ0n) is 14.7. The molecule has 3 rings (SSSR count). The minimum atomic E-state index is -0.685. The molecule has 0 saturated carbocycles. The van der Waals surface area contributed by atoms with Gasteiger partial charge in [-0.3, -0.25) is 14.4 Å². The number of thioether (sulfide) groups is 1. The standard InChI is InChI=1S/C19H19N3O3S/c1-11-4-9-16(10-12(11)2)22-18(24)17(26-19(22)25)21-15-7-5-14(6-8-15)20-13(3)23/h4-10,17,21H,1-3H3,(H,20,23)/t17-/m1/s1. The Morgan fingerprint density at radius 2 is 1.65 bits per heavy atom. The van der Waals surface area contributed by atoms with Crippen LogP contribution < -0.4 is 15.5 Å². The molecule has 1 aliphatic rings. The number of hydrogen-bond acceptors (Lipinski definition) is 5. The molecule has 0 radical (unpaired) electrons. The Morgan fingerprint density at radius 1 is 1.00 bits per heavy atom. The molecule has 0 bridgehead atoms. The van der Waals surface area contributed by atoms with Crippen LogP contribution in [0.1, 0.15) is 18.1 Å². The fourth-order valence-electron chi connectivity index (χ4n) is 2.60. The lowest BCUT2D eigenvalue weighted by Gasteiger charge is -2.16. The van der Waals surface area contributed by atoms with E-state index >= 15 is 0 Å². The van der Waals surface area contributed by atoms with Crippen molar-refractivity contribution < 1.29 is 14.4 Å². The predicted molar refractivity (Wildman–Crippen MR) is 105 cm³/mol. The van der Waals surface area contributed by atoms with Crippen molar-refractivity contribution in [2.45, 2.75) is 26.1 Å². The number of rotatable bonds is 4. The Hall–Kier alpha value is -2.80.